The lowest BCUT2D eigenvalue weighted by Gasteiger charge is -2.15. The van der Waals surface area contributed by atoms with Crippen LogP contribution in [-0.2, 0) is 0 Å². The maximum absolute atomic E-state index is 13.1. The first-order chi connectivity index (χ1) is 9.08. The molecule has 1 heterocycles. The van der Waals surface area contributed by atoms with Gasteiger partial charge in [0, 0.05) is 19.3 Å². The van der Waals surface area contributed by atoms with Crippen LogP contribution in [0.2, 0.25) is 5.28 Å². The minimum Gasteiger partial charge on any atom is -0.344 e. The number of aromatic nitrogens is 3. The van der Waals surface area contributed by atoms with E-state index in [2.05, 4.69) is 20.3 Å². The molecule has 1 aromatic carbocycles. The first-order valence-electron chi connectivity index (χ1n) is 5.74. The Kier molecular flexibility index (Phi) is 4.11. The third-order valence-electron chi connectivity index (χ3n) is 2.49. The van der Waals surface area contributed by atoms with Gasteiger partial charge in [0.2, 0.25) is 17.2 Å². The standard InChI is InChI=1S/C12H13ClFN5/c1-3-19(2)12-17-10(13)16-11(18-12)15-9-6-4-5-8(14)7-9/h4-7H,3H2,1-2H3,(H,15,16,17,18). The van der Waals surface area contributed by atoms with Gasteiger partial charge in [-0.25, -0.2) is 4.39 Å². The summed E-state index contributed by atoms with van der Waals surface area (Å²) in [5, 5.41) is 2.98. The van der Waals surface area contributed by atoms with Crippen LogP contribution < -0.4 is 10.2 Å². The van der Waals surface area contributed by atoms with E-state index in [9.17, 15) is 4.39 Å². The molecular weight excluding hydrogens is 269 g/mol. The molecule has 1 aromatic heterocycles. The van der Waals surface area contributed by atoms with Gasteiger partial charge < -0.3 is 10.2 Å². The number of nitrogens with one attached hydrogen (secondary N) is 1. The van der Waals surface area contributed by atoms with Crippen LogP contribution in [0.25, 0.3) is 0 Å². The summed E-state index contributed by atoms with van der Waals surface area (Å²) in [6, 6.07) is 6.02. The molecule has 0 aliphatic heterocycles. The zero-order valence-electron chi connectivity index (χ0n) is 10.6. The largest absolute Gasteiger partial charge is 0.344 e. The van der Waals surface area contributed by atoms with Gasteiger partial charge in [-0.1, -0.05) is 6.07 Å². The van der Waals surface area contributed by atoms with Crippen LogP contribution in [0.4, 0.5) is 22.0 Å². The Morgan fingerprint density at radius 2 is 2.11 bits per heavy atom. The van der Waals surface area contributed by atoms with Gasteiger partial charge in [-0.05, 0) is 36.7 Å². The van der Waals surface area contributed by atoms with Gasteiger partial charge in [-0.3, -0.25) is 0 Å². The van der Waals surface area contributed by atoms with Crippen molar-refractivity contribution in [3.8, 4) is 0 Å². The minimum absolute atomic E-state index is 0.0872. The van der Waals surface area contributed by atoms with Gasteiger partial charge >= 0.3 is 0 Å². The highest BCUT2D eigenvalue weighted by atomic mass is 35.5. The van der Waals surface area contributed by atoms with Crippen molar-refractivity contribution in [2.75, 3.05) is 23.8 Å². The molecule has 0 saturated heterocycles. The Labute approximate surface area is 115 Å². The summed E-state index contributed by atoms with van der Waals surface area (Å²) in [6.07, 6.45) is 0. The zero-order chi connectivity index (χ0) is 13.8. The van der Waals surface area contributed by atoms with E-state index in [1.807, 2.05) is 18.9 Å². The van der Waals surface area contributed by atoms with Gasteiger partial charge in [0.15, 0.2) is 0 Å². The molecule has 0 unspecified atom stereocenters. The van der Waals surface area contributed by atoms with E-state index in [-0.39, 0.29) is 17.0 Å². The zero-order valence-corrected chi connectivity index (χ0v) is 11.3. The molecule has 2 aromatic rings. The van der Waals surface area contributed by atoms with E-state index in [4.69, 9.17) is 11.6 Å². The van der Waals surface area contributed by atoms with Crippen LogP contribution in [0.1, 0.15) is 6.92 Å². The smallest absolute Gasteiger partial charge is 0.233 e. The Morgan fingerprint density at radius 3 is 2.79 bits per heavy atom. The third-order valence-corrected chi connectivity index (χ3v) is 2.66. The van der Waals surface area contributed by atoms with E-state index < -0.39 is 0 Å². The quantitative estimate of drug-likeness (QED) is 0.934. The summed E-state index contributed by atoms with van der Waals surface area (Å²) in [4.78, 5) is 14.0. The van der Waals surface area contributed by atoms with Crippen LogP contribution in [0.15, 0.2) is 24.3 Å². The molecule has 0 spiro atoms. The second kappa shape index (κ2) is 5.79. The predicted molar refractivity (Wildman–Crippen MR) is 73.5 cm³/mol. The first kappa shape index (κ1) is 13.5. The Morgan fingerprint density at radius 1 is 1.32 bits per heavy atom. The minimum atomic E-state index is -0.337. The molecule has 2 rings (SSSR count). The highest BCUT2D eigenvalue weighted by molar-refractivity contribution is 6.28. The highest BCUT2D eigenvalue weighted by Crippen LogP contribution is 2.17. The Bertz CT molecular complexity index is 578. The molecular formula is C12H13ClFN5. The van der Waals surface area contributed by atoms with E-state index in [1.54, 1.807) is 12.1 Å². The molecule has 0 atom stereocenters. The van der Waals surface area contributed by atoms with Crippen molar-refractivity contribution >= 4 is 29.2 Å². The monoisotopic (exact) mass is 281 g/mol. The first-order valence-corrected chi connectivity index (χ1v) is 6.11. The van der Waals surface area contributed by atoms with E-state index in [0.717, 1.165) is 6.54 Å². The normalized spacial score (nSPS) is 10.3. The van der Waals surface area contributed by atoms with Gasteiger partial charge in [0.05, 0.1) is 0 Å². The molecule has 0 fully saturated rings. The van der Waals surface area contributed by atoms with Crippen molar-refractivity contribution in [2.45, 2.75) is 6.92 Å². The van der Waals surface area contributed by atoms with Crippen molar-refractivity contribution in [2.24, 2.45) is 0 Å². The molecule has 0 amide bonds. The van der Waals surface area contributed by atoms with Crippen LogP contribution in [-0.4, -0.2) is 28.5 Å². The van der Waals surface area contributed by atoms with Crippen molar-refractivity contribution in [3.63, 3.8) is 0 Å². The van der Waals surface area contributed by atoms with Gasteiger partial charge in [0.1, 0.15) is 5.82 Å². The SMILES string of the molecule is CCN(C)c1nc(Cl)nc(Nc2cccc(F)c2)n1. The number of benzene rings is 1. The number of halogens is 2. The van der Waals surface area contributed by atoms with Crippen molar-refractivity contribution in [1.29, 1.82) is 0 Å². The second-order valence-corrected chi connectivity index (χ2v) is 4.22. The summed E-state index contributed by atoms with van der Waals surface area (Å²) in [5.74, 6) is 0.401. The number of hydrogen-bond donors (Lipinski definition) is 1. The van der Waals surface area contributed by atoms with Crippen molar-refractivity contribution in [1.82, 2.24) is 15.0 Å². The second-order valence-electron chi connectivity index (χ2n) is 3.88. The fourth-order valence-corrected chi connectivity index (χ4v) is 1.56. The van der Waals surface area contributed by atoms with E-state index >= 15 is 0 Å². The van der Waals surface area contributed by atoms with Crippen molar-refractivity contribution in [3.05, 3.63) is 35.4 Å². The molecule has 0 radical (unpaired) electrons. The van der Waals surface area contributed by atoms with Gasteiger partial charge in [0.25, 0.3) is 0 Å². The predicted octanol–water partition coefficient (Wildman–Crippen LogP) is 2.86. The van der Waals surface area contributed by atoms with Gasteiger partial charge in [-0.15, -0.1) is 0 Å². The number of hydrogen-bond acceptors (Lipinski definition) is 5. The summed E-state index contributed by atoms with van der Waals surface area (Å²) < 4.78 is 13.1. The molecule has 0 bridgehead atoms. The summed E-state index contributed by atoms with van der Waals surface area (Å²) in [7, 11) is 1.84. The maximum Gasteiger partial charge on any atom is 0.233 e. The lowest BCUT2D eigenvalue weighted by molar-refractivity contribution is 0.628. The molecule has 0 saturated carbocycles. The number of anilines is 3. The van der Waals surface area contributed by atoms with Crippen LogP contribution >= 0.6 is 11.6 Å². The Hall–Kier alpha value is -1.95. The molecule has 19 heavy (non-hydrogen) atoms. The number of rotatable bonds is 4. The van der Waals surface area contributed by atoms with Crippen LogP contribution in [0, 0.1) is 5.82 Å². The fourth-order valence-electron chi connectivity index (χ4n) is 1.40. The highest BCUT2D eigenvalue weighted by Gasteiger charge is 2.08. The number of nitrogens with zero attached hydrogens (tertiary/aromatic N) is 4. The topological polar surface area (TPSA) is 53.9 Å². The Balaban J connectivity index is 2.27. The summed E-state index contributed by atoms with van der Waals surface area (Å²) >= 11 is 5.85. The van der Waals surface area contributed by atoms with Gasteiger partial charge in [-0.2, -0.15) is 15.0 Å². The molecule has 7 heteroatoms. The molecule has 0 aliphatic rings. The lowest BCUT2D eigenvalue weighted by atomic mass is 10.3. The average Bonchev–Trinajstić information content (AvgIpc) is 2.37. The fraction of sp³-hybridized carbons (Fsp3) is 0.250. The summed E-state index contributed by atoms with van der Waals surface area (Å²) in [5.41, 5.74) is 0.548. The molecule has 100 valence electrons. The molecule has 0 aliphatic carbocycles. The third kappa shape index (κ3) is 3.51. The van der Waals surface area contributed by atoms with Crippen LogP contribution in [0.5, 0.6) is 0 Å². The average molecular weight is 282 g/mol. The molecule has 1 N–H and O–H groups in total. The van der Waals surface area contributed by atoms with E-state index in [1.165, 1.54) is 12.1 Å². The summed E-state index contributed by atoms with van der Waals surface area (Å²) in [6.45, 7) is 2.71. The molecule has 5 nitrogen and oxygen atoms in total. The maximum atomic E-state index is 13.1. The lowest BCUT2D eigenvalue weighted by Crippen LogP contribution is -2.19. The van der Waals surface area contributed by atoms with Crippen molar-refractivity contribution < 1.29 is 4.39 Å². The van der Waals surface area contributed by atoms with E-state index in [0.29, 0.717) is 11.6 Å². The van der Waals surface area contributed by atoms with Crippen LogP contribution in [0.3, 0.4) is 0 Å².